The van der Waals surface area contributed by atoms with Gasteiger partial charge in [0.15, 0.2) is 11.2 Å². The highest BCUT2D eigenvalue weighted by molar-refractivity contribution is 6.42. The smallest absolute Gasteiger partial charge is 0.251 e. The summed E-state index contributed by atoms with van der Waals surface area (Å²) in [6, 6.07) is 16.0. The predicted molar refractivity (Wildman–Crippen MR) is 105 cm³/mol. The standard InChI is InChI=1S/C20H13Cl2N3O2/c21-15-8-7-14(10-16(15)22)19(26)24-11-12-3-5-13(6-4-12)20-25-18-17(27-20)2-1-9-23-18/h1-10H,11H2,(H,24,26). The molecule has 0 saturated carbocycles. The summed E-state index contributed by atoms with van der Waals surface area (Å²) in [4.78, 5) is 20.8. The first-order valence-electron chi connectivity index (χ1n) is 8.14. The Morgan fingerprint density at radius 3 is 2.59 bits per heavy atom. The number of benzene rings is 2. The number of fused-ring (bicyclic) bond motifs is 1. The number of carbonyl (C=O) groups is 1. The Labute approximate surface area is 165 Å². The van der Waals surface area contributed by atoms with Gasteiger partial charge in [0.25, 0.3) is 5.91 Å². The van der Waals surface area contributed by atoms with Crippen molar-refractivity contribution >= 4 is 40.3 Å². The van der Waals surface area contributed by atoms with Gasteiger partial charge in [0.05, 0.1) is 10.0 Å². The molecular weight excluding hydrogens is 385 g/mol. The van der Waals surface area contributed by atoms with Crippen molar-refractivity contribution in [3.8, 4) is 11.5 Å². The molecule has 27 heavy (non-hydrogen) atoms. The molecule has 4 rings (SSSR count). The van der Waals surface area contributed by atoms with Crippen molar-refractivity contribution in [3.63, 3.8) is 0 Å². The number of halogens is 2. The molecule has 0 saturated heterocycles. The molecule has 1 amide bonds. The van der Waals surface area contributed by atoms with Gasteiger partial charge in [0.2, 0.25) is 5.89 Å². The van der Waals surface area contributed by atoms with Crippen LogP contribution in [0, 0.1) is 0 Å². The normalized spacial score (nSPS) is 10.9. The number of amides is 1. The van der Waals surface area contributed by atoms with Crippen LogP contribution in [0.25, 0.3) is 22.7 Å². The zero-order chi connectivity index (χ0) is 18.8. The van der Waals surface area contributed by atoms with E-state index in [9.17, 15) is 4.79 Å². The molecule has 0 aliphatic rings. The topological polar surface area (TPSA) is 68.0 Å². The van der Waals surface area contributed by atoms with Crippen LogP contribution in [0.4, 0.5) is 0 Å². The second-order valence-corrected chi connectivity index (χ2v) is 6.67. The molecule has 0 fully saturated rings. The fraction of sp³-hybridized carbons (Fsp3) is 0.0500. The Morgan fingerprint density at radius 1 is 1.04 bits per heavy atom. The molecular formula is C20H13Cl2N3O2. The second kappa shape index (κ2) is 7.39. The number of hydrogen-bond acceptors (Lipinski definition) is 4. The molecule has 2 aromatic heterocycles. The number of oxazole rings is 1. The van der Waals surface area contributed by atoms with E-state index >= 15 is 0 Å². The molecule has 0 radical (unpaired) electrons. The maximum absolute atomic E-state index is 12.2. The summed E-state index contributed by atoms with van der Waals surface area (Å²) < 4.78 is 5.70. The van der Waals surface area contributed by atoms with Gasteiger partial charge in [-0.05, 0) is 48.0 Å². The third kappa shape index (κ3) is 3.79. The first-order chi connectivity index (χ1) is 13.1. The molecule has 4 aromatic rings. The third-order valence-electron chi connectivity index (χ3n) is 4.00. The summed E-state index contributed by atoms with van der Waals surface area (Å²) in [5.74, 6) is 0.290. The Hall–Kier alpha value is -2.89. The molecule has 0 spiro atoms. The lowest BCUT2D eigenvalue weighted by Gasteiger charge is -2.07. The fourth-order valence-electron chi connectivity index (χ4n) is 2.58. The Bertz CT molecular complexity index is 1090. The van der Waals surface area contributed by atoms with Gasteiger partial charge in [0, 0.05) is 23.9 Å². The van der Waals surface area contributed by atoms with E-state index in [0.717, 1.165) is 11.1 Å². The van der Waals surface area contributed by atoms with Crippen molar-refractivity contribution in [1.82, 2.24) is 15.3 Å². The highest BCUT2D eigenvalue weighted by atomic mass is 35.5. The number of pyridine rings is 1. The van der Waals surface area contributed by atoms with Crippen LogP contribution in [0.5, 0.6) is 0 Å². The highest BCUT2D eigenvalue weighted by Gasteiger charge is 2.10. The zero-order valence-electron chi connectivity index (χ0n) is 13.9. The Balaban J connectivity index is 1.44. The molecule has 0 aliphatic heterocycles. The first-order valence-corrected chi connectivity index (χ1v) is 8.90. The van der Waals surface area contributed by atoms with E-state index in [4.69, 9.17) is 27.6 Å². The molecule has 5 nitrogen and oxygen atoms in total. The lowest BCUT2D eigenvalue weighted by Crippen LogP contribution is -2.22. The summed E-state index contributed by atoms with van der Waals surface area (Å²) in [7, 11) is 0. The zero-order valence-corrected chi connectivity index (χ0v) is 15.5. The second-order valence-electron chi connectivity index (χ2n) is 5.85. The fourth-order valence-corrected chi connectivity index (χ4v) is 2.88. The molecule has 7 heteroatoms. The van der Waals surface area contributed by atoms with Crippen molar-refractivity contribution in [1.29, 1.82) is 0 Å². The number of carbonyl (C=O) groups excluding carboxylic acids is 1. The molecule has 134 valence electrons. The minimum atomic E-state index is -0.220. The lowest BCUT2D eigenvalue weighted by atomic mass is 10.1. The first kappa shape index (κ1) is 17.5. The van der Waals surface area contributed by atoms with Crippen LogP contribution >= 0.6 is 23.2 Å². The molecule has 2 heterocycles. The SMILES string of the molecule is O=C(NCc1ccc(-c2nc3ncccc3o2)cc1)c1ccc(Cl)c(Cl)c1. The van der Waals surface area contributed by atoms with Crippen LogP contribution in [-0.2, 0) is 6.54 Å². The van der Waals surface area contributed by atoms with Gasteiger partial charge in [-0.3, -0.25) is 4.79 Å². The number of nitrogens with zero attached hydrogens (tertiary/aromatic N) is 2. The van der Waals surface area contributed by atoms with Gasteiger partial charge < -0.3 is 9.73 Å². The van der Waals surface area contributed by atoms with Crippen molar-refractivity contribution in [2.24, 2.45) is 0 Å². The maximum Gasteiger partial charge on any atom is 0.251 e. The van der Waals surface area contributed by atoms with E-state index in [-0.39, 0.29) is 5.91 Å². The van der Waals surface area contributed by atoms with Crippen LogP contribution < -0.4 is 5.32 Å². The number of aromatic nitrogens is 2. The molecule has 0 atom stereocenters. The quantitative estimate of drug-likeness (QED) is 0.518. The largest absolute Gasteiger partial charge is 0.434 e. The van der Waals surface area contributed by atoms with E-state index in [2.05, 4.69) is 15.3 Å². The summed E-state index contributed by atoms with van der Waals surface area (Å²) >= 11 is 11.8. The molecule has 0 bridgehead atoms. The highest BCUT2D eigenvalue weighted by Crippen LogP contribution is 2.24. The minimum absolute atomic E-state index is 0.220. The van der Waals surface area contributed by atoms with Crippen LogP contribution in [0.1, 0.15) is 15.9 Å². The van der Waals surface area contributed by atoms with Gasteiger partial charge in [-0.15, -0.1) is 0 Å². The average Bonchev–Trinajstić information content (AvgIpc) is 3.13. The van der Waals surface area contributed by atoms with Gasteiger partial charge >= 0.3 is 0 Å². The molecule has 0 aliphatic carbocycles. The predicted octanol–water partition coefficient (Wildman–Crippen LogP) is 5.13. The minimum Gasteiger partial charge on any atom is -0.434 e. The third-order valence-corrected chi connectivity index (χ3v) is 4.74. The van der Waals surface area contributed by atoms with Crippen LogP contribution in [0.3, 0.4) is 0 Å². The number of hydrogen-bond donors (Lipinski definition) is 1. The van der Waals surface area contributed by atoms with Gasteiger partial charge in [-0.2, -0.15) is 4.98 Å². The van der Waals surface area contributed by atoms with Crippen LogP contribution in [0.2, 0.25) is 10.0 Å². The van der Waals surface area contributed by atoms with Crippen LogP contribution in [0.15, 0.2) is 65.2 Å². The molecule has 0 unspecified atom stereocenters. The van der Waals surface area contributed by atoms with E-state index in [1.807, 2.05) is 30.3 Å². The summed E-state index contributed by atoms with van der Waals surface area (Å²) in [6.45, 7) is 0.383. The van der Waals surface area contributed by atoms with Crippen molar-refractivity contribution in [3.05, 3.63) is 82.0 Å². The molecule has 2 aromatic carbocycles. The Morgan fingerprint density at radius 2 is 1.85 bits per heavy atom. The lowest BCUT2D eigenvalue weighted by molar-refractivity contribution is 0.0951. The number of rotatable bonds is 4. The maximum atomic E-state index is 12.2. The van der Waals surface area contributed by atoms with Crippen molar-refractivity contribution in [2.45, 2.75) is 6.54 Å². The van der Waals surface area contributed by atoms with E-state index in [1.54, 1.807) is 30.5 Å². The Kier molecular flexibility index (Phi) is 4.79. The summed E-state index contributed by atoms with van der Waals surface area (Å²) in [6.07, 6.45) is 1.67. The average molecular weight is 398 g/mol. The van der Waals surface area contributed by atoms with E-state index in [0.29, 0.717) is 39.3 Å². The van der Waals surface area contributed by atoms with Crippen molar-refractivity contribution < 1.29 is 9.21 Å². The summed E-state index contributed by atoms with van der Waals surface area (Å²) in [5, 5.41) is 3.62. The number of nitrogens with one attached hydrogen (secondary N) is 1. The van der Waals surface area contributed by atoms with Gasteiger partial charge in [0.1, 0.15) is 0 Å². The monoisotopic (exact) mass is 397 g/mol. The van der Waals surface area contributed by atoms with Crippen LogP contribution in [-0.4, -0.2) is 15.9 Å². The van der Waals surface area contributed by atoms with Gasteiger partial charge in [-0.1, -0.05) is 35.3 Å². The van der Waals surface area contributed by atoms with Gasteiger partial charge in [-0.25, -0.2) is 4.98 Å². The van der Waals surface area contributed by atoms with Crippen molar-refractivity contribution in [2.75, 3.05) is 0 Å². The molecule has 1 N–H and O–H groups in total. The van der Waals surface area contributed by atoms with E-state index < -0.39 is 0 Å². The summed E-state index contributed by atoms with van der Waals surface area (Å²) in [5.41, 5.74) is 3.46. The van der Waals surface area contributed by atoms with E-state index in [1.165, 1.54) is 0 Å².